The lowest BCUT2D eigenvalue weighted by molar-refractivity contribution is -0.136. The van der Waals surface area contributed by atoms with Crippen molar-refractivity contribution in [2.75, 3.05) is 26.2 Å². The molecule has 0 aliphatic carbocycles. The minimum atomic E-state index is -0.513. The molecule has 2 amide bonds. The zero-order chi connectivity index (χ0) is 22.2. The van der Waals surface area contributed by atoms with Gasteiger partial charge >= 0.3 is 6.09 Å². The van der Waals surface area contributed by atoms with Gasteiger partial charge in [-0.15, -0.1) is 0 Å². The van der Waals surface area contributed by atoms with Crippen molar-refractivity contribution in [3.63, 3.8) is 0 Å². The lowest BCUT2D eigenvalue weighted by Gasteiger charge is -2.35. The number of amides is 2. The minimum Gasteiger partial charge on any atom is -0.444 e. The second kappa shape index (κ2) is 8.36. The van der Waals surface area contributed by atoms with Gasteiger partial charge in [0.1, 0.15) is 11.4 Å². The zero-order valence-corrected chi connectivity index (χ0v) is 18.4. The molecule has 1 N–H and O–H groups in total. The van der Waals surface area contributed by atoms with Crippen LogP contribution in [0, 0.1) is 11.7 Å². The van der Waals surface area contributed by atoms with Crippen molar-refractivity contribution in [1.82, 2.24) is 14.8 Å². The summed E-state index contributed by atoms with van der Waals surface area (Å²) >= 11 is 0. The first-order chi connectivity index (χ1) is 14.7. The van der Waals surface area contributed by atoms with Crippen LogP contribution in [0.15, 0.2) is 30.5 Å². The van der Waals surface area contributed by atoms with E-state index in [1.165, 1.54) is 17.7 Å². The number of halogens is 1. The number of aromatic nitrogens is 1. The Morgan fingerprint density at radius 2 is 1.87 bits per heavy atom. The van der Waals surface area contributed by atoms with E-state index in [0.717, 1.165) is 22.9 Å². The van der Waals surface area contributed by atoms with Crippen LogP contribution in [0.2, 0.25) is 0 Å². The summed E-state index contributed by atoms with van der Waals surface area (Å²) in [5, 5.41) is 1.00. The lowest BCUT2D eigenvalue weighted by atomic mass is 9.93. The summed E-state index contributed by atoms with van der Waals surface area (Å²) in [4.78, 5) is 32.0. The molecule has 1 saturated heterocycles. The second-order valence-corrected chi connectivity index (χ2v) is 9.40. The highest BCUT2D eigenvalue weighted by Crippen LogP contribution is 2.31. The second-order valence-electron chi connectivity index (χ2n) is 9.40. The fourth-order valence-corrected chi connectivity index (χ4v) is 4.37. The molecule has 4 rings (SSSR count). The third-order valence-corrected chi connectivity index (χ3v) is 6.01. The van der Waals surface area contributed by atoms with Gasteiger partial charge in [0.05, 0.1) is 0 Å². The SMILES string of the molecule is CC(C)(C)OC(=O)N1CCC(C(=O)N2CC=C(c3c[nH]c4cc(F)ccc34)CC2)CC1. The van der Waals surface area contributed by atoms with Crippen molar-refractivity contribution in [2.45, 2.75) is 45.6 Å². The van der Waals surface area contributed by atoms with Crippen LogP contribution in [0.4, 0.5) is 9.18 Å². The minimum absolute atomic E-state index is 0.0512. The van der Waals surface area contributed by atoms with Crippen LogP contribution in [-0.2, 0) is 9.53 Å². The normalized spacial score (nSPS) is 18.3. The molecule has 7 heteroatoms. The van der Waals surface area contributed by atoms with E-state index in [0.29, 0.717) is 39.0 Å². The van der Waals surface area contributed by atoms with Gasteiger partial charge in [-0.2, -0.15) is 0 Å². The summed E-state index contributed by atoms with van der Waals surface area (Å²) in [6.07, 6.45) is 5.82. The van der Waals surface area contributed by atoms with Crippen LogP contribution < -0.4 is 0 Å². The van der Waals surface area contributed by atoms with E-state index in [-0.39, 0.29) is 23.7 Å². The van der Waals surface area contributed by atoms with E-state index in [9.17, 15) is 14.0 Å². The third-order valence-electron chi connectivity index (χ3n) is 6.01. The Labute approximate surface area is 182 Å². The Hall–Kier alpha value is -2.83. The highest BCUT2D eigenvalue weighted by Gasteiger charge is 2.32. The van der Waals surface area contributed by atoms with Crippen LogP contribution in [0.1, 0.15) is 45.6 Å². The molecule has 0 saturated carbocycles. The molecule has 2 aromatic rings. The molecule has 1 fully saturated rings. The summed E-state index contributed by atoms with van der Waals surface area (Å²) in [6, 6.07) is 4.78. The van der Waals surface area contributed by atoms with Gasteiger partial charge in [0.2, 0.25) is 5.91 Å². The molecule has 1 aromatic heterocycles. The van der Waals surface area contributed by atoms with E-state index in [1.54, 1.807) is 11.0 Å². The Morgan fingerprint density at radius 3 is 2.52 bits per heavy atom. The fraction of sp³-hybridized carbons (Fsp3) is 0.500. The van der Waals surface area contributed by atoms with Crippen molar-refractivity contribution >= 4 is 28.5 Å². The van der Waals surface area contributed by atoms with Gasteiger partial charge in [-0.1, -0.05) is 6.08 Å². The first-order valence-corrected chi connectivity index (χ1v) is 10.9. The van der Waals surface area contributed by atoms with Gasteiger partial charge in [-0.3, -0.25) is 4.79 Å². The molecule has 0 bridgehead atoms. The summed E-state index contributed by atoms with van der Waals surface area (Å²) in [7, 11) is 0. The molecule has 31 heavy (non-hydrogen) atoms. The number of H-pyrrole nitrogens is 1. The maximum atomic E-state index is 13.4. The van der Waals surface area contributed by atoms with Gasteiger partial charge in [-0.25, -0.2) is 9.18 Å². The number of hydrogen-bond donors (Lipinski definition) is 1. The molecule has 0 unspecified atom stereocenters. The number of hydrogen-bond acceptors (Lipinski definition) is 3. The zero-order valence-electron chi connectivity index (χ0n) is 18.4. The largest absolute Gasteiger partial charge is 0.444 e. The number of likely N-dealkylation sites (tertiary alicyclic amines) is 1. The molecular formula is C24H30FN3O3. The molecule has 6 nitrogen and oxygen atoms in total. The van der Waals surface area contributed by atoms with Crippen molar-refractivity contribution in [3.05, 3.63) is 41.9 Å². The van der Waals surface area contributed by atoms with E-state index in [1.807, 2.05) is 31.9 Å². The highest BCUT2D eigenvalue weighted by atomic mass is 19.1. The Morgan fingerprint density at radius 1 is 1.13 bits per heavy atom. The number of benzene rings is 1. The molecule has 0 radical (unpaired) electrons. The maximum absolute atomic E-state index is 13.4. The van der Waals surface area contributed by atoms with Crippen molar-refractivity contribution < 1.29 is 18.7 Å². The lowest BCUT2D eigenvalue weighted by Crippen LogP contribution is -2.46. The number of nitrogens with one attached hydrogen (secondary N) is 1. The molecule has 0 spiro atoms. The van der Waals surface area contributed by atoms with Crippen LogP contribution in [0.25, 0.3) is 16.5 Å². The number of nitrogens with zero attached hydrogens (tertiary/aromatic N) is 2. The molecule has 1 aromatic carbocycles. The predicted octanol–water partition coefficient (Wildman–Crippen LogP) is 4.57. The van der Waals surface area contributed by atoms with E-state index in [2.05, 4.69) is 11.1 Å². The topological polar surface area (TPSA) is 65.6 Å². The summed E-state index contributed by atoms with van der Waals surface area (Å²) in [6.45, 7) is 7.91. The van der Waals surface area contributed by atoms with Crippen molar-refractivity contribution in [2.24, 2.45) is 5.92 Å². The standard InChI is InChI=1S/C24H30FN3O3/c1-24(2,3)31-23(30)28-12-8-17(9-13-28)22(29)27-10-6-16(7-11-27)20-15-26-21-14-18(25)4-5-19(20)21/h4-6,14-15,17,26H,7-13H2,1-3H3. The monoisotopic (exact) mass is 427 g/mol. The number of ether oxygens (including phenoxy) is 1. The van der Waals surface area contributed by atoms with E-state index in [4.69, 9.17) is 4.74 Å². The van der Waals surface area contributed by atoms with Crippen molar-refractivity contribution in [1.29, 1.82) is 0 Å². The van der Waals surface area contributed by atoms with Gasteiger partial charge in [-0.05, 0) is 63.8 Å². The number of carbonyl (C=O) groups excluding carboxylic acids is 2. The molecule has 0 atom stereocenters. The predicted molar refractivity (Wildman–Crippen MR) is 118 cm³/mol. The fourth-order valence-electron chi connectivity index (χ4n) is 4.37. The Balaban J connectivity index is 1.34. The van der Waals surface area contributed by atoms with E-state index >= 15 is 0 Å². The quantitative estimate of drug-likeness (QED) is 0.764. The van der Waals surface area contributed by atoms with Gasteiger partial charge in [0.25, 0.3) is 0 Å². The average molecular weight is 428 g/mol. The summed E-state index contributed by atoms with van der Waals surface area (Å²) in [5.74, 6) is -0.141. The molecule has 2 aliphatic rings. The molecule has 166 valence electrons. The molecule has 2 aliphatic heterocycles. The number of carbonyl (C=O) groups is 2. The van der Waals surface area contributed by atoms with E-state index < -0.39 is 5.60 Å². The summed E-state index contributed by atoms with van der Waals surface area (Å²) < 4.78 is 18.9. The average Bonchev–Trinajstić information content (AvgIpc) is 3.15. The molecule has 3 heterocycles. The van der Waals surface area contributed by atoms with Crippen LogP contribution in [0.5, 0.6) is 0 Å². The number of rotatable bonds is 2. The van der Waals surface area contributed by atoms with Crippen LogP contribution >= 0.6 is 0 Å². The molecular weight excluding hydrogens is 397 g/mol. The van der Waals surface area contributed by atoms with Gasteiger partial charge in [0.15, 0.2) is 0 Å². The Bertz CT molecular complexity index is 1010. The Kier molecular flexibility index (Phi) is 5.77. The highest BCUT2D eigenvalue weighted by molar-refractivity contribution is 5.93. The van der Waals surface area contributed by atoms with Crippen LogP contribution in [0.3, 0.4) is 0 Å². The summed E-state index contributed by atoms with van der Waals surface area (Å²) in [5.41, 5.74) is 2.53. The van der Waals surface area contributed by atoms with Gasteiger partial charge < -0.3 is 19.5 Å². The smallest absolute Gasteiger partial charge is 0.410 e. The van der Waals surface area contributed by atoms with Crippen molar-refractivity contribution in [3.8, 4) is 0 Å². The first kappa shape index (κ1) is 21.4. The maximum Gasteiger partial charge on any atom is 0.410 e. The first-order valence-electron chi connectivity index (χ1n) is 10.9. The number of aromatic amines is 1. The van der Waals surface area contributed by atoms with Gasteiger partial charge in [0, 0.05) is 54.8 Å². The number of piperidine rings is 1. The number of fused-ring (bicyclic) bond motifs is 1. The third kappa shape index (κ3) is 4.75. The van der Waals surface area contributed by atoms with Crippen LogP contribution in [-0.4, -0.2) is 58.6 Å².